The zero-order valence-electron chi connectivity index (χ0n) is 24.4. The average molecular weight is 657 g/mol. The van der Waals surface area contributed by atoms with Crippen LogP contribution in [0, 0.1) is 0 Å². The van der Waals surface area contributed by atoms with Crippen LogP contribution in [-0.2, 0) is 34.4 Å². The fourth-order valence-corrected chi connectivity index (χ4v) is 6.01. The maximum atomic E-state index is 6.19. The van der Waals surface area contributed by atoms with Crippen LogP contribution in [0.1, 0.15) is 31.7 Å². The SMILES string of the molecule is C(=C\c1cccs1)/c1ccn(COCC(COCn2ccc(/C=C/c3cccs3)n2)OCn2ccc(/C=C/c3cccs3)n2)n1. The van der Waals surface area contributed by atoms with Crippen molar-refractivity contribution in [3.63, 3.8) is 0 Å². The first-order chi connectivity index (χ1) is 22.2. The Bertz CT molecular complexity index is 1690. The highest BCUT2D eigenvalue weighted by Gasteiger charge is 2.12. The van der Waals surface area contributed by atoms with Crippen LogP contribution in [0.3, 0.4) is 0 Å². The van der Waals surface area contributed by atoms with Crippen molar-refractivity contribution in [2.24, 2.45) is 0 Å². The summed E-state index contributed by atoms with van der Waals surface area (Å²) >= 11 is 5.07. The second-order valence-corrected chi connectivity index (χ2v) is 12.7. The van der Waals surface area contributed by atoms with Crippen LogP contribution < -0.4 is 0 Å². The molecule has 6 rings (SSSR count). The minimum absolute atomic E-state index is 0.267. The molecule has 0 aliphatic heterocycles. The highest BCUT2D eigenvalue weighted by atomic mass is 32.1. The second kappa shape index (κ2) is 16.2. The van der Waals surface area contributed by atoms with Crippen LogP contribution in [0.2, 0.25) is 0 Å². The van der Waals surface area contributed by atoms with Gasteiger partial charge in [0.25, 0.3) is 0 Å². The molecule has 9 nitrogen and oxygen atoms in total. The highest BCUT2D eigenvalue weighted by Crippen LogP contribution is 2.15. The largest absolute Gasteiger partial charge is 0.356 e. The van der Waals surface area contributed by atoms with Crippen LogP contribution >= 0.6 is 34.0 Å². The van der Waals surface area contributed by atoms with Crippen LogP contribution in [0.15, 0.2) is 89.3 Å². The number of hydrogen-bond donors (Lipinski definition) is 0. The fourth-order valence-electron chi connectivity index (χ4n) is 4.16. The summed E-state index contributed by atoms with van der Waals surface area (Å²) in [5.41, 5.74) is 2.60. The van der Waals surface area contributed by atoms with Crippen LogP contribution in [0.25, 0.3) is 36.5 Å². The molecule has 0 spiro atoms. The Hall–Kier alpha value is -4.17. The molecule has 0 fully saturated rings. The quantitative estimate of drug-likeness (QED) is 0.100. The van der Waals surface area contributed by atoms with Crippen molar-refractivity contribution >= 4 is 70.5 Å². The summed E-state index contributed by atoms with van der Waals surface area (Å²) < 4.78 is 23.5. The van der Waals surface area contributed by atoms with E-state index in [-0.39, 0.29) is 12.8 Å². The predicted molar refractivity (Wildman–Crippen MR) is 183 cm³/mol. The first-order valence-electron chi connectivity index (χ1n) is 14.3. The molecule has 6 aromatic heterocycles. The third-order valence-electron chi connectivity index (χ3n) is 6.37. The Morgan fingerprint density at radius 2 is 0.933 bits per heavy atom. The molecule has 0 aliphatic rings. The lowest BCUT2D eigenvalue weighted by molar-refractivity contribution is -0.104. The molecular formula is C33H32N6O3S3. The number of rotatable bonds is 17. The van der Waals surface area contributed by atoms with Crippen molar-refractivity contribution in [3.8, 4) is 0 Å². The van der Waals surface area contributed by atoms with Crippen molar-refractivity contribution in [2.75, 3.05) is 13.2 Å². The van der Waals surface area contributed by atoms with Crippen molar-refractivity contribution in [2.45, 2.75) is 26.3 Å². The van der Waals surface area contributed by atoms with Crippen LogP contribution in [-0.4, -0.2) is 48.7 Å². The number of aromatic nitrogens is 6. The minimum Gasteiger partial charge on any atom is -0.356 e. The van der Waals surface area contributed by atoms with Gasteiger partial charge in [-0.15, -0.1) is 34.0 Å². The predicted octanol–water partition coefficient (Wildman–Crippen LogP) is 7.66. The summed E-state index contributed by atoms with van der Waals surface area (Å²) in [4.78, 5) is 3.55. The van der Waals surface area contributed by atoms with Gasteiger partial charge >= 0.3 is 0 Å². The van der Waals surface area contributed by atoms with Gasteiger partial charge in [0.15, 0.2) is 0 Å². The van der Waals surface area contributed by atoms with Gasteiger partial charge in [-0.1, -0.05) is 18.2 Å². The lowest BCUT2D eigenvalue weighted by atomic mass is 10.3. The molecule has 6 heterocycles. The van der Waals surface area contributed by atoms with Crippen molar-refractivity contribution in [3.05, 3.63) is 121 Å². The molecule has 0 amide bonds. The van der Waals surface area contributed by atoms with Gasteiger partial charge in [0.1, 0.15) is 26.3 Å². The summed E-state index contributed by atoms with van der Waals surface area (Å²) in [7, 11) is 0. The Morgan fingerprint density at radius 1 is 0.533 bits per heavy atom. The smallest absolute Gasteiger partial charge is 0.139 e. The summed E-state index contributed by atoms with van der Waals surface area (Å²) in [6.45, 7) is 1.50. The van der Waals surface area contributed by atoms with Crippen molar-refractivity contribution in [1.29, 1.82) is 0 Å². The highest BCUT2D eigenvalue weighted by molar-refractivity contribution is 7.11. The Kier molecular flexibility index (Phi) is 11.1. The van der Waals surface area contributed by atoms with Gasteiger partial charge in [-0.05, 0) is 89.0 Å². The molecule has 0 atom stereocenters. The first kappa shape index (κ1) is 30.8. The molecule has 0 N–H and O–H groups in total. The maximum Gasteiger partial charge on any atom is 0.139 e. The molecule has 0 unspecified atom stereocenters. The van der Waals surface area contributed by atoms with Gasteiger partial charge in [0.05, 0.1) is 30.3 Å². The minimum atomic E-state index is -0.332. The molecule has 45 heavy (non-hydrogen) atoms. The van der Waals surface area contributed by atoms with E-state index in [9.17, 15) is 0 Å². The standard InChI is InChI=1S/C33H32N6O3S3/c1-4-31(43-19-1)10-7-27-13-16-37(34-27)24-40-22-30(42-26-39-18-15-29(36-39)9-12-33-6-3-21-45-33)23-41-25-38-17-14-28(35-38)8-11-32-5-2-20-44-32/h1-21,30H,22-26H2/b10-7+,11-8+,12-9+. The summed E-state index contributed by atoms with van der Waals surface area (Å²) in [5, 5.41) is 19.9. The van der Waals surface area contributed by atoms with Gasteiger partial charge in [-0.3, -0.25) is 0 Å². The van der Waals surface area contributed by atoms with E-state index in [0.717, 1.165) is 17.1 Å². The van der Waals surface area contributed by atoms with E-state index < -0.39 is 0 Å². The van der Waals surface area contributed by atoms with E-state index in [1.807, 2.05) is 73.2 Å². The number of ether oxygens (including phenoxy) is 3. The van der Waals surface area contributed by atoms with Crippen LogP contribution in [0.4, 0.5) is 0 Å². The maximum absolute atomic E-state index is 6.19. The Labute approximate surface area is 273 Å². The summed E-state index contributed by atoms with van der Waals surface area (Å²) in [6.07, 6.45) is 17.5. The van der Waals surface area contributed by atoms with E-state index in [0.29, 0.717) is 26.7 Å². The zero-order valence-corrected chi connectivity index (χ0v) is 26.8. The van der Waals surface area contributed by atoms with Crippen molar-refractivity contribution in [1.82, 2.24) is 29.3 Å². The summed E-state index contributed by atoms with van der Waals surface area (Å²) in [6, 6.07) is 18.2. The van der Waals surface area contributed by atoms with Gasteiger partial charge in [0, 0.05) is 33.2 Å². The number of hydrogen-bond acceptors (Lipinski definition) is 9. The molecular weight excluding hydrogens is 625 g/mol. The zero-order chi connectivity index (χ0) is 30.5. The lowest BCUT2D eigenvalue weighted by Crippen LogP contribution is -2.28. The molecule has 0 aromatic carbocycles. The Balaban J connectivity index is 1.01. The van der Waals surface area contributed by atoms with Crippen LogP contribution in [0.5, 0.6) is 0 Å². The molecule has 6 aromatic rings. The monoisotopic (exact) mass is 656 g/mol. The molecule has 0 radical (unpaired) electrons. The third kappa shape index (κ3) is 9.91. The summed E-state index contributed by atoms with van der Waals surface area (Å²) in [5.74, 6) is 0. The van der Waals surface area contributed by atoms with E-state index in [1.54, 1.807) is 48.1 Å². The molecule has 230 valence electrons. The van der Waals surface area contributed by atoms with Gasteiger partial charge in [0.2, 0.25) is 0 Å². The Morgan fingerprint density at radius 3 is 1.31 bits per heavy atom. The topological polar surface area (TPSA) is 81.1 Å². The van der Waals surface area contributed by atoms with E-state index in [4.69, 9.17) is 14.2 Å². The van der Waals surface area contributed by atoms with Gasteiger partial charge in [-0.2, -0.15) is 15.3 Å². The molecule has 0 aliphatic carbocycles. The van der Waals surface area contributed by atoms with Gasteiger partial charge < -0.3 is 14.2 Å². The fraction of sp³-hybridized carbons (Fsp3) is 0.182. The van der Waals surface area contributed by atoms with E-state index in [2.05, 4.69) is 67.9 Å². The second-order valence-electron chi connectivity index (χ2n) is 9.80. The molecule has 0 saturated carbocycles. The van der Waals surface area contributed by atoms with Crippen molar-refractivity contribution < 1.29 is 14.2 Å². The number of thiophene rings is 3. The lowest BCUT2D eigenvalue weighted by Gasteiger charge is -2.18. The average Bonchev–Trinajstić information content (AvgIpc) is 3.89. The first-order valence-corrected chi connectivity index (χ1v) is 16.9. The number of nitrogens with zero attached hydrogens (tertiary/aromatic N) is 6. The molecule has 12 heteroatoms. The molecule has 0 saturated heterocycles. The molecule has 0 bridgehead atoms. The normalized spacial score (nSPS) is 12.2. The third-order valence-corrected chi connectivity index (χ3v) is 8.88. The van der Waals surface area contributed by atoms with E-state index in [1.165, 1.54) is 14.6 Å². The van der Waals surface area contributed by atoms with E-state index >= 15 is 0 Å². The van der Waals surface area contributed by atoms with Gasteiger partial charge in [-0.25, -0.2) is 14.0 Å².